The van der Waals surface area contributed by atoms with Crippen LogP contribution in [0.4, 0.5) is 0 Å². The van der Waals surface area contributed by atoms with E-state index in [4.69, 9.17) is 0 Å². The van der Waals surface area contributed by atoms with Crippen LogP contribution in [0, 0.1) is 5.92 Å². The van der Waals surface area contributed by atoms with Gasteiger partial charge in [0.1, 0.15) is 0 Å². The molecule has 0 aromatic heterocycles. The van der Waals surface area contributed by atoms with Crippen LogP contribution in [0.3, 0.4) is 0 Å². The predicted octanol–water partition coefficient (Wildman–Crippen LogP) is 2.48. The van der Waals surface area contributed by atoms with Crippen molar-refractivity contribution in [1.82, 2.24) is 0 Å². The molecule has 0 saturated heterocycles. The van der Waals surface area contributed by atoms with Crippen molar-refractivity contribution in [3.63, 3.8) is 0 Å². The van der Waals surface area contributed by atoms with Crippen LogP contribution in [-0.2, 0) is 9.53 Å². The van der Waals surface area contributed by atoms with E-state index in [1.54, 1.807) is 12.1 Å². The summed E-state index contributed by atoms with van der Waals surface area (Å²) in [7, 11) is 1.21. The standard InChI is InChI=1S/C17H18N2O4/c1-23-17(22)13-10-6-5-9-12(13)16(21)14(19-18)15(20)11-7-3-2-4-8-11/h5-6,9-11H,2-4,7-8H2,1H3. The van der Waals surface area contributed by atoms with Gasteiger partial charge in [-0.05, 0) is 25.0 Å². The lowest BCUT2D eigenvalue weighted by molar-refractivity contribution is -0.121. The smallest absolute Gasteiger partial charge is 0.405 e. The summed E-state index contributed by atoms with van der Waals surface area (Å²) in [6.07, 6.45) is 4.27. The summed E-state index contributed by atoms with van der Waals surface area (Å²) in [5, 5.41) is 0. The average Bonchev–Trinajstić information content (AvgIpc) is 2.62. The highest BCUT2D eigenvalue weighted by atomic mass is 16.5. The zero-order chi connectivity index (χ0) is 16.8. The third-order valence-corrected chi connectivity index (χ3v) is 4.10. The minimum Gasteiger partial charge on any atom is -0.465 e. The molecule has 2 rings (SSSR count). The number of benzene rings is 1. The first kappa shape index (κ1) is 16.8. The third kappa shape index (κ3) is 3.60. The Morgan fingerprint density at radius 2 is 1.70 bits per heavy atom. The van der Waals surface area contributed by atoms with Gasteiger partial charge in [0.15, 0.2) is 0 Å². The lowest BCUT2D eigenvalue weighted by Crippen LogP contribution is -2.33. The molecule has 6 heteroatoms. The van der Waals surface area contributed by atoms with Crippen LogP contribution in [0.15, 0.2) is 24.3 Å². The van der Waals surface area contributed by atoms with Gasteiger partial charge >= 0.3 is 11.7 Å². The van der Waals surface area contributed by atoms with E-state index in [0.29, 0.717) is 12.8 Å². The molecule has 1 aromatic carbocycles. The minimum absolute atomic E-state index is 0.00342. The number of ether oxygens (including phenoxy) is 1. The summed E-state index contributed by atoms with van der Waals surface area (Å²) in [5.74, 6) is -2.21. The van der Waals surface area contributed by atoms with Gasteiger partial charge in [-0.15, -0.1) is 0 Å². The van der Waals surface area contributed by atoms with Gasteiger partial charge in [-0.2, -0.15) is 4.79 Å². The van der Waals surface area contributed by atoms with Gasteiger partial charge in [-0.1, -0.05) is 31.4 Å². The van der Waals surface area contributed by atoms with E-state index in [1.165, 1.54) is 19.2 Å². The number of nitrogens with zero attached hydrogens (tertiary/aromatic N) is 2. The number of rotatable bonds is 5. The molecule has 1 aromatic rings. The van der Waals surface area contributed by atoms with E-state index in [-0.39, 0.29) is 17.0 Å². The Bertz CT molecular complexity index is 684. The minimum atomic E-state index is -0.760. The van der Waals surface area contributed by atoms with E-state index >= 15 is 0 Å². The molecule has 0 spiro atoms. The summed E-state index contributed by atoms with van der Waals surface area (Å²) in [6, 6.07) is 5.99. The van der Waals surface area contributed by atoms with E-state index in [1.807, 2.05) is 0 Å². The van der Waals surface area contributed by atoms with Crippen molar-refractivity contribution in [1.29, 1.82) is 0 Å². The van der Waals surface area contributed by atoms with Gasteiger partial charge in [0.05, 0.1) is 12.7 Å². The van der Waals surface area contributed by atoms with Crippen LogP contribution >= 0.6 is 0 Å². The summed E-state index contributed by atoms with van der Waals surface area (Å²) in [5.41, 5.74) is 8.69. The van der Waals surface area contributed by atoms with Crippen molar-refractivity contribution in [2.75, 3.05) is 7.11 Å². The molecule has 0 amide bonds. The van der Waals surface area contributed by atoms with Crippen molar-refractivity contribution < 1.29 is 23.9 Å². The topological polar surface area (TPSA) is 96.8 Å². The highest BCUT2D eigenvalue weighted by Gasteiger charge is 2.37. The van der Waals surface area contributed by atoms with E-state index < -0.39 is 23.2 Å². The van der Waals surface area contributed by atoms with Gasteiger partial charge in [0.2, 0.25) is 0 Å². The summed E-state index contributed by atoms with van der Waals surface area (Å²) in [6.45, 7) is 0. The summed E-state index contributed by atoms with van der Waals surface area (Å²) < 4.78 is 4.64. The first-order chi connectivity index (χ1) is 11.1. The zero-order valence-corrected chi connectivity index (χ0v) is 12.9. The van der Waals surface area contributed by atoms with Crippen LogP contribution in [0.25, 0.3) is 5.53 Å². The molecular weight excluding hydrogens is 296 g/mol. The highest BCUT2D eigenvalue weighted by Crippen LogP contribution is 2.25. The Labute approximate surface area is 134 Å². The van der Waals surface area contributed by atoms with Crippen molar-refractivity contribution in [2.45, 2.75) is 32.1 Å². The van der Waals surface area contributed by atoms with Crippen molar-refractivity contribution >= 4 is 23.2 Å². The van der Waals surface area contributed by atoms with E-state index in [0.717, 1.165) is 19.3 Å². The molecule has 1 saturated carbocycles. The SMILES string of the molecule is COC(=O)c1ccccc1C(=O)C(=[N+]=[N-])C(=O)C1CCCCC1. The highest BCUT2D eigenvalue weighted by molar-refractivity contribution is 6.67. The van der Waals surface area contributed by atoms with Crippen LogP contribution < -0.4 is 0 Å². The molecule has 0 bridgehead atoms. The van der Waals surface area contributed by atoms with Gasteiger partial charge in [-0.25, -0.2) is 4.79 Å². The van der Waals surface area contributed by atoms with Crippen LogP contribution in [-0.4, -0.2) is 35.1 Å². The lowest BCUT2D eigenvalue weighted by Gasteiger charge is -2.18. The van der Waals surface area contributed by atoms with Gasteiger partial charge in [0, 0.05) is 11.5 Å². The van der Waals surface area contributed by atoms with Gasteiger partial charge in [-0.3, -0.25) is 9.59 Å². The Hall–Kier alpha value is -2.59. The fourth-order valence-corrected chi connectivity index (χ4v) is 2.86. The molecule has 23 heavy (non-hydrogen) atoms. The summed E-state index contributed by atoms with van der Waals surface area (Å²) >= 11 is 0. The zero-order valence-electron chi connectivity index (χ0n) is 12.9. The Morgan fingerprint density at radius 3 is 2.26 bits per heavy atom. The number of carbonyl (C=O) groups is 3. The number of Topliss-reactive ketones (excluding diaryl/α,β-unsaturated/α-hetero) is 2. The van der Waals surface area contributed by atoms with Gasteiger partial charge in [0.25, 0.3) is 11.6 Å². The predicted molar refractivity (Wildman–Crippen MR) is 82.3 cm³/mol. The number of esters is 1. The molecule has 0 N–H and O–H groups in total. The number of hydrogen-bond donors (Lipinski definition) is 0. The Morgan fingerprint density at radius 1 is 1.09 bits per heavy atom. The Balaban J connectivity index is 2.33. The van der Waals surface area contributed by atoms with Crippen molar-refractivity contribution in [3.05, 3.63) is 40.9 Å². The third-order valence-electron chi connectivity index (χ3n) is 4.10. The second-order valence-corrected chi connectivity index (χ2v) is 5.51. The molecule has 0 atom stereocenters. The fraction of sp³-hybridized carbons (Fsp3) is 0.412. The van der Waals surface area contributed by atoms with Crippen molar-refractivity contribution in [3.8, 4) is 0 Å². The molecule has 0 radical (unpaired) electrons. The summed E-state index contributed by atoms with van der Waals surface area (Å²) in [4.78, 5) is 39.7. The maximum atomic E-state index is 12.6. The van der Waals surface area contributed by atoms with Gasteiger partial charge < -0.3 is 10.3 Å². The van der Waals surface area contributed by atoms with Crippen LogP contribution in [0.1, 0.15) is 52.8 Å². The molecule has 0 unspecified atom stereocenters. The van der Waals surface area contributed by atoms with Crippen LogP contribution in [0.2, 0.25) is 0 Å². The second kappa shape index (κ2) is 7.61. The Kier molecular flexibility index (Phi) is 5.55. The van der Waals surface area contributed by atoms with Crippen LogP contribution in [0.5, 0.6) is 0 Å². The van der Waals surface area contributed by atoms with Crippen molar-refractivity contribution in [2.24, 2.45) is 5.92 Å². The number of carbonyl (C=O) groups excluding carboxylic acids is 3. The molecule has 1 aliphatic rings. The first-order valence-electron chi connectivity index (χ1n) is 7.58. The first-order valence-corrected chi connectivity index (χ1v) is 7.58. The number of ketones is 2. The molecule has 120 valence electrons. The molecule has 1 fully saturated rings. The molecule has 1 aliphatic carbocycles. The quantitative estimate of drug-likeness (QED) is 0.208. The maximum Gasteiger partial charge on any atom is 0.405 e. The monoisotopic (exact) mass is 314 g/mol. The second-order valence-electron chi connectivity index (χ2n) is 5.51. The number of methoxy groups -OCH3 is 1. The molecule has 0 heterocycles. The molecule has 6 nitrogen and oxygen atoms in total. The van der Waals surface area contributed by atoms with E-state index in [9.17, 15) is 19.9 Å². The maximum absolute atomic E-state index is 12.6. The molecular formula is C17H18N2O4. The van der Waals surface area contributed by atoms with E-state index in [2.05, 4.69) is 9.53 Å². The fourth-order valence-electron chi connectivity index (χ4n) is 2.86. The largest absolute Gasteiger partial charge is 0.465 e. The lowest BCUT2D eigenvalue weighted by atomic mass is 9.83. The normalized spacial score (nSPS) is 14.7. The average molecular weight is 314 g/mol. The number of hydrogen-bond acceptors (Lipinski definition) is 4. The molecule has 0 aliphatic heterocycles.